The highest BCUT2D eigenvalue weighted by Crippen LogP contribution is 2.29. The molecule has 1 aromatic heterocycles. The number of ether oxygens (including phenoxy) is 2. The lowest BCUT2D eigenvalue weighted by Crippen LogP contribution is -2.51. The Labute approximate surface area is 200 Å². The van der Waals surface area contributed by atoms with Crippen molar-refractivity contribution in [1.82, 2.24) is 14.5 Å². The molecular formula is C26H32ClN3O3. The van der Waals surface area contributed by atoms with Gasteiger partial charge in [0.25, 0.3) is 0 Å². The number of halogens is 1. The van der Waals surface area contributed by atoms with Gasteiger partial charge in [-0.2, -0.15) is 0 Å². The molecule has 33 heavy (non-hydrogen) atoms. The number of imidazole rings is 1. The number of aromatic nitrogens is 2. The Bertz CT molecular complexity index is 1070. The molecule has 4 rings (SSSR count). The first-order valence-corrected chi connectivity index (χ1v) is 11.8. The Morgan fingerprint density at radius 3 is 2.85 bits per heavy atom. The van der Waals surface area contributed by atoms with Crippen molar-refractivity contribution in [1.29, 1.82) is 0 Å². The third-order valence-electron chi connectivity index (χ3n) is 6.05. The van der Waals surface area contributed by atoms with Gasteiger partial charge in [0.2, 0.25) is 0 Å². The van der Waals surface area contributed by atoms with E-state index in [1.54, 1.807) is 6.20 Å². The average molecular weight is 470 g/mol. The molecule has 1 aliphatic rings. The third kappa shape index (κ3) is 6.50. The lowest BCUT2D eigenvalue weighted by Gasteiger charge is -2.39. The first kappa shape index (κ1) is 23.6. The van der Waals surface area contributed by atoms with Crippen molar-refractivity contribution >= 4 is 11.6 Å². The number of β-amino-alcohol motifs (C(OH)–C–C–N with tert-alkyl or cyclic N) is 1. The molecule has 2 heterocycles. The van der Waals surface area contributed by atoms with Crippen molar-refractivity contribution in [3.05, 3.63) is 76.8 Å². The molecule has 2 aromatic carbocycles. The summed E-state index contributed by atoms with van der Waals surface area (Å²) in [7, 11) is 0. The molecule has 0 saturated carbocycles. The van der Waals surface area contributed by atoms with Crippen molar-refractivity contribution in [2.45, 2.75) is 45.4 Å². The Hall–Kier alpha value is -2.54. The smallest absolute Gasteiger partial charge is 0.138 e. The number of aliphatic hydroxyl groups is 1. The summed E-state index contributed by atoms with van der Waals surface area (Å²) < 4.78 is 14.0. The first-order chi connectivity index (χ1) is 15.9. The SMILES string of the molecule is Cc1ccc(Cl)c(OC[C@@]2(O)CCCN(Cc3cccc(OCCn4ccnc4C)c3)C2)c1. The van der Waals surface area contributed by atoms with Gasteiger partial charge in [0, 0.05) is 25.5 Å². The number of benzene rings is 2. The zero-order valence-electron chi connectivity index (χ0n) is 19.3. The summed E-state index contributed by atoms with van der Waals surface area (Å²) in [5, 5.41) is 11.7. The number of nitrogens with zero attached hydrogens (tertiary/aromatic N) is 3. The summed E-state index contributed by atoms with van der Waals surface area (Å²) >= 11 is 6.25. The summed E-state index contributed by atoms with van der Waals surface area (Å²) in [5.41, 5.74) is 1.34. The van der Waals surface area contributed by atoms with Gasteiger partial charge in [-0.1, -0.05) is 29.8 Å². The minimum Gasteiger partial charge on any atom is -0.492 e. The van der Waals surface area contributed by atoms with E-state index >= 15 is 0 Å². The number of aryl methyl sites for hydroxylation is 2. The highest BCUT2D eigenvalue weighted by Gasteiger charge is 2.34. The topological polar surface area (TPSA) is 59.8 Å². The average Bonchev–Trinajstić information content (AvgIpc) is 3.19. The van der Waals surface area contributed by atoms with Crippen LogP contribution in [0, 0.1) is 13.8 Å². The second-order valence-electron chi connectivity index (χ2n) is 8.92. The second kappa shape index (κ2) is 10.6. The van der Waals surface area contributed by atoms with Gasteiger partial charge in [-0.05, 0) is 68.6 Å². The molecule has 1 saturated heterocycles. The van der Waals surface area contributed by atoms with E-state index in [9.17, 15) is 5.11 Å². The molecule has 0 bridgehead atoms. The van der Waals surface area contributed by atoms with Crippen LogP contribution in [0.15, 0.2) is 54.9 Å². The zero-order chi connectivity index (χ0) is 23.3. The molecule has 0 amide bonds. The van der Waals surface area contributed by atoms with Crippen LogP contribution >= 0.6 is 11.6 Å². The largest absolute Gasteiger partial charge is 0.492 e. The number of piperidine rings is 1. The van der Waals surface area contributed by atoms with Crippen LogP contribution < -0.4 is 9.47 Å². The van der Waals surface area contributed by atoms with Crippen LogP contribution in [0.1, 0.15) is 29.8 Å². The fourth-order valence-electron chi connectivity index (χ4n) is 4.29. The van der Waals surface area contributed by atoms with Crippen molar-refractivity contribution in [3.8, 4) is 11.5 Å². The second-order valence-corrected chi connectivity index (χ2v) is 9.33. The molecular weight excluding hydrogens is 438 g/mol. The zero-order valence-corrected chi connectivity index (χ0v) is 20.1. The minimum absolute atomic E-state index is 0.226. The van der Waals surface area contributed by atoms with Gasteiger partial charge in [-0.3, -0.25) is 4.90 Å². The standard InChI is InChI=1S/C26H32ClN3O3/c1-20-7-8-24(27)25(15-20)33-19-26(31)9-4-11-29(18-26)17-22-5-3-6-23(16-22)32-14-13-30-12-10-28-21(30)2/h3,5-8,10,12,15-16,31H,4,9,11,13-14,17-19H2,1-2H3/t26-/m1/s1. The lowest BCUT2D eigenvalue weighted by atomic mass is 9.93. The van der Waals surface area contributed by atoms with E-state index in [-0.39, 0.29) is 6.61 Å². The van der Waals surface area contributed by atoms with Crippen molar-refractivity contribution < 1.29 is 14.6 Å². The molecule has 176 valence electrons. The van der Waals surface area contributed by atoms with Crippen LogP contribution in [0.3, 0.4) is 0 Å². The predicted molar refractivity (Wildman–Crippen MR) is 130 cm³/mol. The van der Waals surface area contributed by atoms with Crippen LogP contribution in [0.25, 0.3) is 0 Å². The van der Waals surface area contributed by atoms with E-state index in [4.69, 9.17) is 21.1 Å². The maximum Gasteiger partial charge on any atom is 0.138 e. The summed E-state index contributed by atoms with van der Waals surface area (Å²) in [4.78, 5) is 6.51. The molecule has 1 atom stereocenters. The van der Waals surface area contributed by atoms with Gasteiger partial charge in [-0.15, -0.1) is 0 Å². The van der Waals surface area contributed by atoms with Gasteiger partial charge < -0.3 is 19.1 Å². The van der Waals surface area contributed by atoms with E-state index in [1.807, 2.05) is 50.4 Å². The van der Waals surface area contributed by atoms with E-state index in [1.165, 1.54) is 5.56 Å². The summed E-state index contributed by atoms with van der Waals surface area (Å²) in [6.45, 7) is 7.82. The molecule has 0 spiro atoms. The molecule has 3 aromatic rings. The summed E-state index contributed by atoms with van der Waals surface area (Å²) in [6, 6.07) is 13.9. The van der Waals surface area contributed by atoms with E-state index < -0.39 is 5.60 Å². The van der Waals surface area contributed by atoms with E-state index in [0.29, 0.717) is 30.3 Å². The van der Waals surface area contributed by atoms with Gasteiger partial charge in [-0.25, -0.2) is 4.98 Å². The van der Waals surface area contributed by atoms with E-state index in [0.717, 1.165) is 43.2 Å². The third-order valence-corrected chi connectivity index (χ3v) is 6.36. The Kier molecular flexibility index (Phi) is 7.58. The molecule has 0 radical (unpaired) electrons. The predicted octanol–water partition coefficient (Wildman–Crippen LogP) is 4.64. The van der Waals surface area contributed by atoms with Crippen LogP contribution in [0.2, 0.25) is 5.02 Å². The molecule has 1 fully saturated rings. The Morgan fingerprint density at radius 1 is 1.15 bits per heavy atom. The minimum atomic E-state index is -0.901. The Morgan fingerprint density at radius 2 is 2.03 bits per heavy atom. The van der Waals surface area contributed by atoms with Crippen molar-refractivity contribution in [2.75, 3.05) is 26.3 Å². The molecule has 6 nitrogen and oxygen atoms in total. The molecule has 1 aliphatic heterocycles. The highest BCUT2D eigenvalue weighted by molar-refractivity contribution is 6.32. The van der Waals surface area contributed by atoms with Crippen LogP contribution in [0.5, 0.6) is 11.5 Å². The first-order valence-electron chi connectivity index (χ1n) is 11.4. The number of likely N-dealkylation sites (tertiary alicyclic amines) is 1. The van der Waals surface area contributed by atoms with Crippen LogP contribution in [0.4, 0.5) is 0 Å². The molecule has 0 aliphatic carbocycles. The van der Waals surface area contributed by atoms with Gasteiger partial charge >= 0.3 is 0 Å². The highest BCUT2D eigenvalue weighted by atomic mass is 35.5. The number of hydrogen-bond acceptors (Lipinski definition) is 5. The normalized spacial score (nSPS) is 18.9. The lowest BCUT2D eigenvalue weighted by molar-refractivity contribution is -0.0621. The molecule has 0 unspecified atom stereocenters. The number of rotatable bonds is 9. The van der Waals surface area contributed by atoms with Gasteiger partial charge in [0.15, 0.2) is 0 Å². The fourth-order valence-corrected chi connectivity index (χ4v) is 4.46. The van der Waals surface area contributed by atoms with Crippen LogP contribution in [-0.2, 0) is 13.1 Å². The molecule has 7 heteroatoms. The maximum atomic E-state index is 11.2. The Balaban J connectivity index is 1.30. The molecule has 1 N–H and O–H groups in total. The fraction of sp³-hybridized carbons (Fsp3) is 0.423. The van der Waals surface area contributed by atoms with Crippen LogP contribution in [-0.4, -0.2) is 51.5 Å². The quantitative estimate of drug-likeness (QED) is 0.494. The van der Waals surface area contributed by atoms with Crippen molar-refractivity contribution in [3.63, 3.8) is 0 Å². The number of hydrogen-bond donors (Lipinski definition) is 1. The van der Waals surface area contributed by atoms with Gasteiger partial charge in [0.1, 0.15) is 36.1 Å². The maximum absolute atomic E-state index is 11.2. The monoisotopic (exact) mass is 469 g/mol. The summed E-state index contributed by atoms with van der Waals surface area (Å²) in [6.07, 6.45) is 5.39. The van der Waals surface area contributed by atoms with Gasteiger partial charge in [0.05, 0.1) is 11.6 Å². The van der Waals surface area contributed by atoms with Crippen molar-refractivity contribution in [2.24, 2.45) is 0 Å². The summed E-state index contributed by atoms with van der Waals surface area (Å²) in [5.74, 6) is 2.46. The van der Waals surface area contributed by atoms with E-state index in [2.05, 4.69) is 26.6 Å².